The first-order chi connectivity index (χ1) is 13.8. The molecule has 2 N–H and O–H groups in total. The Morgan fingerprint density at radius 3 is 1.48 bits per heavy atom. The third-order valence-corrected chi connectivity index (χ3v) is 4.91. The van der Waals surface area contributed by atoms with Crippen molar-refractivity contribution in [3.63, 3.8) is 0 Å². The third-order valence-electron chi connectivity index (χ3n) is 3.66. The van der Waals surface area contributed by atoms with Gasteiger partial charge in [-0.15, -0.1) is 11.8 Å². The van der Waals surface area contributed by atoms with Gasteiger partial charge in [-0.1, -0.05) is 24.3 Å². The number of carbonyl (C=O) groups is 2. The van der Waals surface area contributed by atoms with Crippen molar-refractivity contribution in [2.45, 2.75) is 24.3 Å². The quantitative estimate of drug-likeness (QED) is 0.511. The summed E-state index contributed by atoms with van der Waals surface area (Å²) in [5.41, 5.74) is 6.04. The molecule has 0 saturated heterocycles. The average molecular weight is 418 g/mol. The first-order valence-corrected chi connectivity index (χ1v) is 9.62. The van der Waals surface area contributed by atoms with Gasteiger partial charge in [-0.3, -0.25) is 9.59 Å². The van der Waals surface area contributed by atoms with Gasteiger partial charge in [-0.2, -0.15) is 10.2 Å². The molecule has 0 aliphatic carbocycles. The van der Waals surface area contributed by atoms with Gasteiger partial charge in [0.25, 0.3) is 11.8 Å². The molecule has 0 radical (unpaired) electrons. The summed E-state index contributed by atoms with van der Waals surface area (Å²) in [6.45, 7) is 3.30. The molecule has 2 rings (SSSR count). The van der Waals surface area contributed by atoms with Crippen LogP contribution in [-0.4, -0.2) is 34.7 Å². The largest absolute Gasteiger partial charge is 0.272 e. The smallest absolute Gasteiger partial charge is 0.252 e. The zero-order valence-corrected chi connectivity index (χ0v) is 16.6. The minimum atomic E-state index is -0.540. The number of benzene rings is 2. The summed E-state index contributed by atoms with van der Waals surface area (Å²) in [5, 5.41) is 6.57. The van der Waals surface area contributed by atoms with E-state index in [-0.39, 0.29) is 23.4 Å². The van der Waals surface area contributed by atoms with Crippen LogP contribution >= 0.6 is 11.8 Å². The van der Waals surface area contributed by atoms with E-state index in [0.717, 1.165) is 11.8 Å². The topological polar surface area (TPSA) is 82.9 Å². The molecule has 9 heteroatoms. The third kappa shape index (κ3) is 7.82. The van der Waals surface area contributed by atoms with Crippen molar-refractivity contribution >= 4 is 36.0 Å². The van der Waals surface area contributed by atoms with Crippen LogP contribution in [-0.2, 0) is 9.59 Å². The van der Waals surface area contributed by atoms with E-state index in [1.165, 1.54) is 61.0 Å². The fourth-order valence-corrected chi connectivity index (χ4v) is 3.02. The van der Waals surface area contributed by atoms with E-state index >= 15 is 0 Å². The highest BCUT2D eigenvalue weighted by atomic mass is 32.2. The normalized spacial score (nSPS) is 13.4. The van der Waals surface area contributed by atoms with Crippen molar-refractivity contribution in [1.29, 1.82) is 0 Å². The lowest BCUT2D eigenvalue weighted by Gasteiger charge is -2.14. The highest BCUT2D eigenvalue weighted by Crippen LogP contribution is 2.17. The van der Waals surface area contributed by atoms with Crippen molar-refractivity contribution in [1.82, 2.24) is 10.9 Å². The number of rotatable bonds is 8. The summed E-state index contributed by atoms with van der Waals surface area (Å²) in [4.78, 5) is 24.1. The van der Waals surface area contributed by atoms with Crippen LogP contribution in [0.15, 0.2) is 58.7 Å². The Bertz CT molecular complexity index is 813. The van der Waals surface area contributed by atoms with E-state index in [2.05, 4.69) is 21.1 Å². The second-order valence-electron chi connectivity index (χ2n) is 5.99. The molecule has 152 valence electrons. The number of halogens is 2. The molecule has 2 atom stereocenters. The van der Waals surface area contributed by atoms with Crippen molar-refractivity contribution in [3.05, 3.63) is 71.3 Å². The molecule has 29 heavy (non-hydrogen) atoms. The number of thioether (sulfide) groups is 1. The Kier molecular flexibility index (Phi) is 8.47. The number of hydrogen-bond donors (Lipinski definition) is 2. The van der Waals surface area contributed by atoms with E-state index < -0.39 is 10.5 Å². The van der Waals surface area contributed by atoms with Gasteiger partial charge in [0.1, 0.15) is 11.6 Å². The first kappa shape index (κ1) is 22.2. The fraction of sp³-hybridized carbons (Fsp3) is 0.200. The van der Waals surface area contributed by atoms with Gasteiger partial charge in [0, 0.05) is 0 Å². The van der Waals surface area contributed by atoms with Gasteiger partial charge in [-0.25, -0.2) is 19.6 Å². The molecular weight excluding hydrogens is 398 g/mol. The summed E-state index contributed by atoms with van der Waals surface area (Å²) in [5.74, 6) is -1.46. The first-order valence-electron chi connectivity index (χ1n) is 8.67. The predicted molar refractivity (Wildman–Crippen MR) is 111 cm³/mol. The van der Waals surface area contributed by atoms with Crippen LogP contribution in [0.5, 0.6) is 0 Å². The maximum absolute atomic E-state index is 12.8. The van der Waals surface area contributed by atoms with Crippen LogP contribution < -0.4 is 10.9 Å². The van der Waals surface area contributed by atoms with Crippen molar-refractivity contribution < 1.29 is 18.4 Å². The zero-order chi connectivity index (χ0) is 21.2. The van der Waals surface area contributed by atoms with E-state index in [1.807, 2.05) is 0 Å². The fourth-order valence-electron chi connectivity index (χ4n) is 2.05. The number of hydrogen-bond acceptors (Lipinski definition) is 5. The molecule has 0 heterocycles. The monoisotopic (exact) mass is 418 g/mol. The lowest BCUT2D eigenvalue weighted by molar-refractivity contribution is -0.120. The molecule has 0 aliphatic heterocycles. The lowest BCUT2D eigenvalue weighted by atomic mass is 10.2. The van der Waals surface area contributed by atoms with Gasteiger partial charge in [0.05, 0.1) is 22.9 Å². The summed E-state index contributed by atoms with van der Waals surface area (Å²) in [7, 11) is 0. The molecule has 2 aromatic rings. The van der Waals surface area contributed by atoms with Crippen LogP contribution in [0.25, 0.3) is 0 Å². The Hall–Kier alpha value is -3.07. The molecule has 2 amide bonds. The minimum absolute atomic E-state index is 0.356. The van der Waals surface area contributed by atoms with Gasteiger partial charge in [0.2, 0.25) is 0 Å². The summed E-state index contributed by atoms with van der Waals surface area (Å²) < 4.78 is 25.7. The highest BCUT2D eigenvalue weighted by Gasteiger charge is 2.21. The van der Waals surface area contributed by atoms with Gasteiger partial charge in [0.15, 0.2) is 0 Å². The molecule has 0 unspecified atom stereocenters. The molecule has 0 saturated carbocycles. The Morgan fingerprint density at radius 1 is 0.793 bits per heavy atom. The van der Waals surface area contributed by atoms with E-state index in [1.54, 1.807) is 13.8 Å². The predicted octanol–water partition coefficient (Wildman–Crippen LogP) is 3.08. The Labute approximate surface area is 171 Å². The summed E-state index contributed by atoms with van der Waals surface area (Å²) in [6, 6.07) is 11.3. The summed E-state index contributed by atoms with van der Waals surface area (Å²) >= 11 is 1.14. The molecule has 6 nitrogen and oxygen atoms in total. The molecule has 0 bridgehead atoms. The van der Waals surface area contributed by atoms with Crippen LogP contribution in [0.2, 0.25) is 0 Å². The van der Waals surface area contributed by atoms with E-state index in [0.29, 0.717) is 11.1 Å². The minimum Gasteiger partial charge on any atom is -0.272 e. The van der Waals surface area contributed by atoms with Gasteiger partial charge >= 0.3 is 0 Å². The Morgan fingerprint density at radius 2 is 1.14 bits per heavy atom. The molecule has 0 spiro atoms. The van der Waals surface area contributed by atoms with Crippen LogP contribution in [0, 0.1) is 11.6 Å². The molecule has 0 aliphatic rings. The molecule has 0 fully saturated rings. The van der Waals surface area contributed by atoms with Gasteiger partial charge < -0.3 is 0 Å². The number of nitrogens with zero attached hydrogens (tertiary/aromatic N) is 2. The second kappa shape index (κ2) is 11.1. The highest BCUT2D eigenvalue weighted by molar-refractivity contribution is 8.01. The number of amides is 2. The van der Waals surface area contributed by atoms with Crippen molar-refractivity contribution in [2.75, 3.05) is 0 Å². The average Bonchev–Trinajstić information content (AvgIpc) is 2.70. The number of hydrazone groups is 2. The van der Waals surface area contributed by atoms with Crippen LogP contribution in [0.3, 0.4) is 0 Å². The van der Waals surface area contributed by atoms with Crippen molar-refractivity contribution in [3.8, 4) is 0 Å². The van der Waals surface area contributed by atoms with Gasteiger partial charge in [-0.05, 0) is 49.2 Å². The van der Waals surface area contributed by atoms with E-state index in [4.69, 9.17) is 0 Å². The SMILES string of the molecule is C[C@H](S[C@@H](C)C(=O)N/N=C/c1ccc(F)cc1)C(=O)N/N=C/c1ccc(F)cc1. The second-order valence-corrected chi connectivity index (χ2v) is 7.68. The molecular formula is C20H20F2N4O2S. The zero-order valence-electron chi connectivity index (χ0n) is 15.8. The number of nitrogens with one attached hydrogen (secondary N) is 2. The molecule has 0 aromatic heterocycles. The van der Waals surface area contributed by atoms with E-state index in [9.17, 15) is 18.4 Å². The standard InChI is InChI=1S/C20H20F2N4O2S/c1-13(19(27)25-23-11-15-3-7-17(21)8-4-15)29-14(2)20(28)26-24-12-16-5-9-18(22)10-6-16/h3-14H,1-2H3,(H,25,27)(H,26,28)/b23-11+,24-12+/t13-,14-/m0/s1. The summed E-state index contributed by atoms with van der Waals surface area (Å²) in [6.07, 6.45) is 2.80. The maximum Gasteiger partial charge on any atom is 0.252 e. The van der Waals surface area contributed by atoms with Crippen LogP contribution in [0.4, 0.5) is 8.78 Å². The maximum atomic E-state index is 12.8. The Balaban J connectivity index is 1.76. The lowest BCUT2D eigenvalue weighted by Crippen LogP contribution is -2.33. The van der Waals surface area contributed by atoms with Crippen molar-refractivity contribution in [2.24, 2.45) is 10.2 Å². The molecule has 2 aromatic carbocycles. The van der Waals surface area contributed by atoms with Crippen LogP contribution in [0.1, 0.15) is 25.0 Å². The number of carbonyl (C=O) groups excluding carboxylic acids is 2.